The molecule has 0 aromatic heterocycles. The maximum absolute atomic E-state index is 11.8. The molecule has 0 aromatic carbocycles. The van der Waals surface area contributed by atoms with Crippen molar-refractivity contribution in [2.75, 3.05) is 26.8 Å². The average molecular weight is 218 g/mol. The number of Topliss-reactive ketones (excluding diaryl/α,β-unsaturated/α-hetero) is 1. The summed E-state index contributed by atoms with van der Waals surface area (Å²) < 4.78 is 11.8. The zero-order valence-corrected chi connectivity index (χ0v) is 8.57. The molecular formula is C9H15FN2O3. The van der Waals surface area contributed by atoms with Crippen molar-refractivity contribution in [1.29, 1.82) is 0 Å². The van der Waals surface area contributed by atoms with E-state index in [0.29, 0.717) is 13.0 Å². The quantitative estimate of drug-likeness (QED) is 0.616. The maximum Gasteiger partial charge on any atom is 0.237 e. The highest BCUT2D eigenvalue weighted by atomic mass is 19.1. The summed E-state index contributed by atoms with van der Waals surface area (Å²) in [7, 11) is 1.72. The summed E-state index contributed by atoms with van der Waals surface area (Å²) in [6.07, 6.45) is -0.158. The van der Waals surface area contributed by atoms with Gasteiger partial charge in [-0.25, -0.2) is 4.39 Å². The van der Waals surface area contributed by atoms with Crippen molar-refractivity contribution in [2.45, 2.75) is 18.6 Å². The van der Waals surface area contributed by atoms with Gasteiger partial charge < -0.3 is 10.4 Å². The highest BCUT2D eigenvalue weighted by Crippen LogP contribution is 2.15. The number of amides is 1. The van der Waals surface area contributed by atoms with Crippen molar-refractivity contribution in [3.05, 3.63) is 0 Å². The highest BCUT2D eigenvalue weighted by Gasteiger charge is 2.33. The Kier molecular flexibility index (Phi) is 4.16. The number of aliphatic hydroxyl groups excluding tert-OH is 1. The third-order valence-corrected chi connectivity index (χ3v) is 2.44. The van der Waals surface area contributed by atoms with Crippen LogP contribution in [0, 0.1) is 0 Å². The van der Waals surface area contributed by atoms with E-state index < -0.39 is 24.6 Å². The van der Waals surface area contributed by atoms with Crippen LogP contribution in [0.3, 0.4) is 0 Å². The van der Waals surface area contributed by atoms with Gasteiger partial charge in [-0.1, -0.05) is 0 Å². The molecule has 1 fully saturated rings. The van der Waals surface area contributed by atoms with Crippen LogP contribution in [0.5, 0.6) is 0 Å². The molecule has 2 N–H and O–H groups in total. The lowest BCUT2D eigenvalue weighted by atomic mass is 10.2. The number of carbonyl (C=O) groups excluding carboxylic acids is 2. The van der Waals surface area contributed by atoms with Gasteiger partial charge in [0, 0.05) is 6.54 Å². The number of likely N-dealkylation sites (tertiary alicyclic amines) is 1. The van der Waals surface area contributed by atoms with E-state index >= 15 is 0 Å². The van der Waals surface area contributed by atoms with Crippen LogP contribution in [0.25, 0.3) is 0 Å². The summed E-state index contributed by atoms with van der Waals surface area (Å²) in [5.41, 5.74) is 0. The van der Waals surface area contributed by atoms with Gasteiger partial charge in [-0.3, -0.25) is 14.5 Å². The second-order valence-corrected chi connectivity index (χ2v) is 3.74. The topological polar surface area (TPSA) is 69.6 Å². The van der Waals surface area contributed by atoms with Gasteiger partial charge in [-0.2, -0.15) is 0 Å². The van der Waals surface area contributed by atoms with Crippen LogP contribution in [0.4, 0.5) is 4.39 Å². The Morgan fingerprint density at radius 2 is 2.27 bits per heavy atom. The molecule has 0 radical (unpaired) electrons. The van der Waals surface area contributed by atoms with Crippen LogP contribution in [0.2, 0.25) is 0 Å². The first-order chi connectivity index (χ1) is 7.04. The zero-order valence-electron chi connectivity index (χ0n) is 8.57. The molecule has 1 rings (SSSR count). The number of aliphatic hydroxyl groups is 1. The summed E-state index contributed by atoms with van der Waals surface area (Å²) >= 11 is 0. The number of hydrogen-bond donors (Lipinski definition) is 2. The van der Waals surface area contributed by atoms with Crippen LogP contribution in [-0.4, -0.2) is 60.7 Å². The summed E-state index contributed by atoms with van der Waals surface area (Å²) in [4.78, 5) is 23.8. The molecule has 0 aliphatic carbocycles. The van der Waals surface area contributed by atoms with E-state index in [4.69, 9.17) is 0 Å². The molecular weight excluding hydrogens is 203 g/mol. The summed E-state index contributed by atoms with van der Waals surface area (Å²) in [5, 5.41) is 11.6. The summed E-state index contributed by atoms with van der Waals surface area (Å²) in [6, 6.07) is -0.424. The summed E-state index contributed by atoms with van der Waals surface area (Å²) in [5.74, 6) is -0.986. The zero-order chi connectivity index (χ0) is 11.4. The van der Waals surface area contributed by atoms with Crippen LogP contribution in [-0.2, 0) is 9.59 Å². The molecule has 0 saturated carbocycles. The van der Waals surface area contributed by atoms with Gasteiger partial charge >= 0.3 is 0 Å². The molecule has 0 spiro atoms. The normalized spacial score (nSPS) is 26.6. The molecule has 0 bridgehead atoms. The minimum atomic E-state index is -1.07. The predicted octanol–water partition coefficient (Wildman–Crippen LogP) is -1.29. The average Bonchev–Trinajstić information content (AvgIpc) is 2.53. The van der Waals surface area contributed by atoms with Gasteiger partial charge in [0.15, 0.2) is 5.78 Å². The Hall–Kier alpha value is -1.01. The third-order valence-electron chi connectivity index (χ3n) is 2.44. The number of likely N-dealkylation sites (N-methyl/N-ethyl adjacent to an activating group) is 1. The number of carbonyl (C=O) groups is 2. The fourth-order valence-electron chi connectivity index (χ4n) is 1.63. The fraction of sp³-hybridized carbons (Fsp3) is 0.778. The number of rotatable bonds is 4. The molecule has 0 aromatic rings. The van der Waals surface area contributed by atoms with E-state index in [-0.39, 0.29) is 12.5 Å². The minimum Gasteiger partial charge on any atom is -0.392 e. The molecule has 1 unspecified atom stereocenters. The van der Waals surface area contributed by atoms with Crippen LogP contribution >= 0.6 is 0 Å². The van der Waals surface area contributed by atoms with E-state index in [2.05, 4.69) is 5.32 Å². The van der Waals surface area contributed by atoms with E-state index in [0.717, 1.165) is 0 Å². The van der Waals surface area contributed by atoms with Gasteiger partial charge in [0.05, 0.1) is 18.7 Å². The Morgan fingerprint density at radius 1 is 1.60 bits per heavy atom. The largest absolute Gasteiger partial charge is 0.392 e. The van der Waals surface area contributed by atoms with Crippen molar-refractivity contribution >= 4 is 11.7 Å². The summed E-state index contributed by atoms with van der Waals surface area (Å²) in [6.45, 7) is -0.908. The molecule has 1 saturated heterocycles. The number of β-amino-alcohol motifs (C(OH)–C–C–N with tert-alkyl or cyclic N) is 1. The fourth-order valence-corrected chi connectivity index (χ4v) is 1.63. The Bertz CT molecular complexity index is 260. The molecule has 5 nitrogen and oxygen atoms in total. The minimum absolute atomic E-state index is 0.282. The number of alkyl halides is 1. The van der Waals surface area contributed by atoms with Crippen LogP contribution < -0.4 is 5.32 Å². The van der Waals surface area contributed by atoms with Crippen LogP contribution in [0.15, 0.2) is 0 Å². The molecule has 1 aliphatic rings. The van der Waals surface area contributed by atoms with E-state index in [1.54, 1.807) is 11.9 Å². The number of ketones is 1. The number of halogens is 1. The van der Waals surface area contributed by atoms with Gasteiger partial charge in [0.2, 0.25) is 5.91 Å². The third kappa shape index (κ3) is 3.24. The van der Waals surface area contributed by atoms with Crippen molar-refractivity contribution in [1.82, 2.24) is 10.2 Å². The first kappa shape index (κ1) is 12.1. The molecule has 1 amide bonds. The van der Waals surface area contributed by atoms with Crippen molar-refractivity contribution in [3.8, 4) is 0 Å². The lowest BCUT2D eigenvalue weighted by Crippen LogP contribution is -2.43. The molecule has 1 heterocycles. The Balaban J connectivity index is 2.37. The lowest BCUT2D eigenvalue weighted by molar-refractivity contribution is -0.128. The smallest absolute Gasteiger partial charge is 0.237 e. The SMILES string of the molecule is CN1C[C@H](O)CC1C(=O)NCC(=O)CF. The van der Waals surface area contributed by atoms with E-state index in [1.807, 2.05) is 0 Å². The Labute approximate surface area is 87.2 Å². The number of hydrogen-bond acceptors (Lipinski definition) is 4. The first-order valence-corrected chi connectivity index (χ1v) is 4.78. The standard InChI is InChI=1S/C9H15FN2O3/c1-12-5-6(13)2-8(12)9(15)11-4-7(14)3-10/h6,8,13H,2-5H2,1H3,(H,11,15)/t6-,8?/m1/s1. The van der Waals surface area contributed by atoms with E-state index in [9.17, 15) is 19.1 Å². The Morgan fingerprint density at radius 3 is 2.73 bits per heavy atom. The second kappa shape index (κ2) is 5.18. The number of nitrogens with zero attached hydrogens (tertiary/aromatic N) is 1. The number of nitrogens with one attached hydrogen (secondary N) is 1. The highest BCUT2D eigenvalue weighted by molar-refractivity contribution is 5.89. The van der Waals surface area contributed by atoms with Gasteiger partial charge in [0.1, 0.15) is 6.67 Å². The second-order valence-electron chi connectivity index (χ2n) is 3.74. The maximum atomic E-state index is 11.8. The van der Waals surface area contributed by atoms with Crippen LogP contribution in [0.1, 0.15) is 6.42 Å². The monoisotopic (exact) mass is 218 g/mol. The molecule has 86 valence electrons. The van der Waals surface area contributed by atoms with Gasteiger partial charge in [-0.15, -0.1) is 0 Å². The first-order valence-electron chi connectivity index (χ1n) is 4.78. The molecule has 2 atom stereocenters. The van der Waals surface area contributed by atoms with Crippen molar-refractivity contribution in [2.24, 2.45) is 0 Å². The molecule has 6 heteroatoms. The van der Waals surface area contributed by atoms with Gasteiger partial charge in [-0.05, 0) is 13.5 Å². The van der Waals surface area contributed by atoms with E-state index in [1.165, 1.54) is 0 Å². The predicted molar refractivity (Wildman–Crippen MR) is 51.0 cm³/mol. The molecule has 1 aliphatic heterocycles. The van der Waals surface area contributed by atoms with Gasteiger partial charge in [0.25, 0.3) is 0 Å². The molecule has 15 heavy (non-hydrogen) atoms. The van der Waals surface area contributed by atoms with Crippen molar-refractivity contribution in [3.63, 3.8) is 0 Å². The van der Waals surface area contributed by atoms with Crippen molar-refractivity contribution < 1.29 is 19.1 Å². The lowest BCUT2D eigenvalue weighted by Gasteiger charge is -2.17.